The summed E-state index contributed by atoms with van der Waals surface area (Å²) in [5, 5.41) is 7.14. The van der Waals surface area contributed by atoms with Gasteiger partial charge in [-0.25, -0.2) is 18.4 Å². The van der Waals surface area contributed by atoms with Crippen molar-refractivity contribution in [2.24, 2.45) is 0 Å². The van der Waals surface area contributed by atoms with Crippen LogP contribution in [-0.4, -0.2) is 20.7 Å². The molecule has 0 radical (unpaired) electrons. The topological polar surface area (TPSA) is 59.8 Å². The van der Waals surface area contributed by atoms with E-state index in [0.29, 0.717) is 16.5 Å². The Morgan fingerprint density at radius 3 is 2.54 bits per heavy atom. The van der Waals surface area contributed by atoms with E-state index >= 15 is 0 Å². The van der Waals surface area contributed by atoms with Crippen molar-refractivity contribution < 1.29 is 13.6 Å². The second kappa shape index (κ2) is 6.37. The number of carbonyl (C=O) groups is 1. The molecule has 0 atom stereocenters. The van der Waals surface area contributed by atoms with E-state index in [0.717, 1.165) is 16.8 Å². The summed E-state index contributed by atoms with van der Waals surface area (Å²) >= 11 is 5.78. The highest BCUT2D eigenvalue weighted by atomic mass is 35.5. The third kappa shape index (κ3) is 3.26. The average molecular weight is 349 g/mol. The molecule has 2 aromatic carbocycles. The summed E-state index contributed by atoms with van der Waals surface area (Å²) in [5.74, 6) is -1.89. The Labute approximate surface area is 140 Å². The minimum atomic E-state index is -0.798. The molecular weight excluding hydrogens is 338 g/mol. The van der Waals surface area contributed by atoms with E-state index in [2.05, 4.69) is 15.4 Å². The number of carbonyl (C=O) groups excluding carboxylic acids is 1. The van der Waals surface area contributed by atoms with Gasteiger partial charge in [-0.05, 0) is 43.3 Å². The highest BCUT2D eigenvalue weighted by Gasteiger charge is 2.17. The maximum Gasteiger partial charge on any atom is 0.295 e. The molecule has 0 aliphatic carbocycles. The first-order valence-electron chi connectivity index (χ1n) is 6.90. The molecule has 8 heteroatoms. The molecule has 1 heterocycles. The first kappa shape index (κ1) is 16.1. The first-order valence-corrected chi connectivity index (χ1v) is 7.28. The minimum Gasteiger partial charge on any atom is -0.319 e. The fourth-order valence-electron chi connectivity index (χ4n) is 2.09. The number of hydrogen-bond acceptors (Lipinski definition) is 3. The van der Waals surface area contributed by atoms with E-state index in [-0.39, 0.29) is 11.5 Å². The quantitative estimate of drug-likeness (QED) is 0.784. The lowest BCUT2D eigenvalue weighted by Gasteiger charge is -2.04. The Kier molecular flexibility index (Phi) is 4.26. The van der Waals surface area contributed by atoms with Crippen LogP contribution < -0.4 is 5.32 Å². The molecule has 0 aliphatic rings. The lowest BCUT2D eigenvalue weighted by atomic mass is 10.3. The molecule has 0 fully saturated rings. The molecule has 3 rings (SSSR count). The highest BCUT2D eigenvalue weighted by Crippen LogP contribution is 2.17. The lowest BCUT2D eigenvalue weighted by molar-refractivity contribution is 0.101. The summed E-state index contributed by atoms with van der Waals surface area (Å²) in [7, 11) is 0. The van der Waals surface area contributed by atoms with Gasteiger partial charge in [-0.1, -0.05) is 11.6 Å². The van der Waals surface area contributed by atoms with E-state index in [4.69, 9.17) is 11.6 Å². The maximum atomic E-state index is 13.9. The van der Waals surface area contributed by atoms with E-state index in [9.17, 15) is 13.6 Å². The number of anilines is 1. The van der Waals surface area contributed by atoms with Crippen LogP contribution in [0.25, 0.3) is 5.69 Å². The van der Waals surface area contributed by atoms with Crippen molar-refractivity contribution in [3.63, 3.8) is 0 Å². The number of amides is 1. The number of halogens is 3. The van der Waals surface area contributed by atoms with Crippen LogP contribution in [0, 0.1) is 18.6 Å². The summed E-state index contributed by atoms with van der Waals surface area (Å²) in [6, 6.07) is 9.59. The Morgan fingerprint density at radius 2 is 1.88 bits per heavy atom. The molecule has 1 N–H and O–H groups in total. The molecule has 0 saturated carbocycles. The second-order valence-electron chi connectivity index (χ2n) is 4.95. The zero-order chi connectivity index (χ0) is 17.3. The minimum absolute atomic E-state index is 0.00643. The summed E-state index contributed by atoms with van der Waals surface area (Å²) in [5.41, 5.74) is 0.526. The normalized spacial score (nSPS) is 10.7. The zero-order valence-corrected chi connectivity index (χ0v) is 13.2. The third-order valence-corrected chi connectivity index (χ3v) is 3.46. The molecule has 0 spiro atoms. The van der Waals surface area contributed by atoms with Crippen molar-refractivity contribution in [1.29, 1.82) is 0 Å². The van der Waals surface area contributed by atoms with E-state index < -0.39 is 17.5 Å². The van der Waals surface area contributed by atoms with Crippen LogP contribution in [0.2, 0.25) is 5.02 Å². The highest BCUT2D eigenvalue weighted by molar-refractivity contribution is 6.30. The largest absolute Gasteiger partial charge is 0.319 e. The van der Waals surface area contributed by atoms with Crippen molar-refractivity contribution >= 4 is 23.2 Å². The van der Waals surface area contributed by atoms with Gasteiger partial charge in [-0.3, -0.25) is 4.79 Å². The zero-order valence-electron chi connectivity index (χ0n) is 12.4. The second-order valence-corrected chi connectivity index (χ2v) is 5.39. The number of aromatic nitrogens is 3. The van der Waals surface area contributed by atoms with Crippen LogP contribution in [0.15, 0.2) is 42.5 Å². The van der Waals surface area contributed by atoms with Gasteiger partial charge in [0.15, 0.2) is 5.82 Å². The van der Waals surface area contributed by atoms with Crippen LogP contribution in [0.4, 0.5) is 14.5 Å². The van der Waals surface area contributed by atoms with Crippen molar-refractivity contribution in [2.75, 3.05) is 5.32 Å². The third-order valence-electron chi connectivity index (χ3n) is 3.21. The molecule has 0 unspecified atom stereocenters. The van der Waals surface area contributed by atoms with Crippen LogP contribution in [0.5, 0.6) is 0 Å². The summed E-state index contributed by atoms with van der Waals surface area (Å²) in [4.78, 5) is 16.2. The number of nitrogens with one attached hydrogen (secondary N) is 1. The van der Waals surface area contributed by atoms with Gasteiger partial charge >= 0.3 is 0 Å². The predicted molar refractivity (Wildman–Crippen MR) is 85.4 cm³/mol. The van der Waals surface area contributed by atoms with Crippen LogP contribution in [-0.2, 0) is 0 Å². The molecule has 24 heavy (non-hydrogen) atoms. The van der Waals surface area contributed by atoms with Crippen LogP contribution in [0.1, 0.15) is 16.4 Å². The maximum absolute atomic E-state index is 13.9. The molecule has 1 aromatic heterocycles. The predicted octanol–water partition coefficient (Wildman–Crippen LogP) is 3.76. The molecule has 0 bridgehead atoms. The van der Waals surface area contributed by atoms with Gasteiger partial charge in [0.25, 0.3) is 5.91 Å². The molecule has 5 nitrogen and oxygen atoms in total. The van der Waals surface area contributed by atoms with E-state index in [1.54, 1.807) is 31.2 Å². The van der Waals surface area contributed by atoms with Crippen molar-refractivity contribution in [1.82, 2.24) is 14.8 Å². The van der Waals surface area contributed by atoms with Crippen LogP contribution >= 0.6 is 11.6 Å². The van der Waals surface area contributed by atoms with Crippen molar-refractivity contribution in [3.05, 3.63) is 70.8 Å². The van der Waals surface area contributed by atoms with Crippen molar-refractivity contribution in [2.45, 2.75) is 6.92 Å². The summed E-state index contributed by atoms with van der Waals surface area (Å²) in [6.45, 7) is 1.56. The van der Waals surface area contributed by atoms with Crippen molar-refractivity contribution in [3.8, 4) is 5.69 Å². The van der Waals surface area contributed by atoms with Gasteiger partial charge < -0.3 is 5.32 Å². The smallest absolute Gasteiger partial charge is 0.295 e. The molecular formula is C16H11ClF2N4O. The lowest BCUT2D eigenvalue weighted by Crippen LogP contribution is -2.14. The number of aryl methyl sites for hydroxylation is 1. The monoisotopic (exact) mass is 348 g/mol. The molecule has 0 aliphatic heterocycles. The SMILES string of the molecule is Cc1nc(C(=O)Nc2ccc(Cl)cc2)nn1-c1ccc(F)cc1F. The fourth-order valence-corrected chi connectivity index (χ4v) is 2.21. The summed E-state index contributed by atoms with van der Waals surface area (Å²) in [6.07, 6.45) is 0. The number of benzene rings is 2. The van der Waals surface area contributed by atoms with Gasteiger partial charge in [0.1, 0.15) is 17.3 Å². The van der Waals surface area contributed by atoms with Gasteiger partial charge in [0.2, 0.25) is 5.82 Å². The van der Waals surface area contributed by atoms with Gasteiger partial charge in [-0.15, -0.1) is 5.10 Å². The Balaban J connectivity index is 1.88. The fraction of sp³-hybridized carbons (Fsp3) is 0.0625. The summed E-state index contributed by atoms with van der Waals surface area (Å²) < 4.78 is 28.0. The molecule has 122 valence electrons. The Hall–Kier alpha value is -2.80. The first-order chi connectivity index (χ1) is 11.4. The number of nitrogens with zero attached hydrogens (tertiary/aromatic N) is 3. The van der Waals surface area contributed by atoms with Crippen LogP contribution in [0.3, 0.4) is 0 Å². The van der Waals surface area contributed by atoms with E-state index in [1.807, 2.05) is 0 Å². The number of hydrogen-bond donors (Lipinski definition) is 1. The average Bonchev–Trinajstić information content (AvgIpc) is 2.91. The molecule has 1 amide bonds. The Bertz CT molecular complexity index is 909. The van der Waals surface area contributed by atoms with E-state index in [1.165, 1.54) is 6.07 Å². The standard InChI is InChI=1S/C16H11ClF2N4O/c1-9-20-15(16(24)21-12-5-2-10(17)3-6-12)22-23(9)14-7-4-11(18)8-13(14)19/h2-8H,1H3,(H,21,24). The Morgan fingerprint density at radius 1 is 1.17 bits per heavy atom. The molecule has 0 saturated heterocycles. The van der Waals surface area contributed by atoms with Gasteiger partial charge in [-0.2, -0.15) is 0 Å². The number of rotatable bonds is 3. The van der Waals surface area contributed by atoms with Gasteiger partial charge in [0.05, 0.1) is 0 Å². The molecule has 3 aromatic rings. The van der Waals surface area contributed by atoms with Gasteiger partial charge in [0, 0.05) is 16.8 Å².